The van der Waals surface area contributed by atoms with Gasteiger partial charge in [-0.05, 0) is 18.1 Å². The first-order chi connectivity index (χ1) is 9.29. The molecular weight excluding hydrogens is 258 g/mol. The van der Waals surface area contributed by atoms with E-state index in [1.807, 2.05) is 6.07 Å². The number of aryl methyl sites for hydroxylation is 1. The monoisotopic (exact) mass is 273 g/mol. The van der Waals surface area contributed by atoms with Crippen molar-refractivity contribution in [2.45, 2.75) is 26.4 Å². The minimum Gasteiger partial charge on any atom is -0.376 e. The molecule has 0 saturated heterocycles. The third kappa shape index (κ3) is 2.31. The number of hydrogen-bond acceptors (Lipinski definition) is 4. The van der Waals surface area contributed by atoms with E-state index in [9.17, 15) is 0 Å². The zero-order valence-electron chi connectivity index (χ0n) is 10.8. The summed E-state index contributed by atoms with van der Waals surface area (Å²) in [5.41, 5.74) is 4.21. The molecule has 3 heterocycles. The highest BCUT2D eigenvalue weighted by atomic mass is 32.1. The standard InChI is InChI=1S/C14H15N3OS/c1-2-9-4-3-6-15-12(9)13-16-11-5-7-18-8-10(11)14(19)17-13/h3-4,6H,2,5,7-8H2,1H3,(H,16,17,19). The lowest BCUT2D eigenvalue weighted by Crippen LogP contribution is -2.14. The largest absolute Gasteiger partial charge is 0.376 e. The number of nitrogens with one attached hydrogen (secondary N) is 1. The van der Waals surface area contributed by atoms with Crippen LogP contribution in [-0.2, 0) is 24.2 Å². The second kappa shape index (κ2) is 5.19. The molecule has 0 unspecified atom stereocenters. The van der Waals surface area contributed by atoms with Crippen LogP contribution in [0.3, 0.4) is 0 Å². The maximum Gasteiger partial charge on any atom is 0.158 e. The molecule has 0 saturated carbocycles. The fourth-order valence-electron chi connectivity index (χ4n) is 2.30. The summed E-state index contributed by atoms with van der Waals surface area (Å²) in [6.07, 6.45) is 3.56. The number of nitrogens with zero attached hydrogens (tertiary/aromatic N) is 2. The molecule has 1 aliphatic heterocycles. The van der Waals surface area contributed by atoms with E-state index in [4.69, 9.17) is 17.0 Å². The van der Waals surface area contributed by atoms with Gasteiger partial charge >= 0.3 is 0 Å². The van der Waals surface area contributed by atoms with E-state index in [0.29, 0.717) is 11.2 Å². The number of rotatable bonds is 2. The number of aromatic amines is 1. The van der Waals surface area contributed by atoms with Gasteiger partial charge in [0.15, 0.2) is 5.82 Å². The Bertz CT molecular complexity index is 666. The first kappa shape index (κ1) is 12.4. The van der Waals surface area contributed by atoms with Crippen molar-refractivity contribution < 1.29 is 4.74 Å². The maximum atomic E-state index is 5.42. The molecule has 98 valence electrons. The van der Waals surface area contributed by atoms with Gasteiger partial charge in [-0.3, -0.25) is 4.98 Å². The summed E-state index contributed by atoms with van der Waals surface area (Å²) in [5.74, 6) is 0.767. The van der Waals surface area contributed by atoms with Crippen LogP contribution in [0.15, 0.2) is 18.3 Å². The van der Waals surface area contributed by atoms with E-state index in [0.717, 1.165) is 42.2 Å². The van der Waals surface area contributed by atoms with Crippen molar-refractivity contribution in [1.29, 1.82) is 0 Å². The van der Waals surface area contributed by atoms with Crippen molar-refractivity contribution in [3.8, 4) is 11.5 Å². The first-order valence-electron chi connectivity index (χ1n) is 6.43. The van der Waals surface area contributed by atoms with Crippen LogP contribution in [0.2, 0.25) is 0 Å². The number of H-pyrrole nitrogens is 1. The normalized spacial score (nSPS) is 14.2. The van der Waals surface area contributed by atoms with Gasteiger partial charge in [0.25, 0.3) is 0 Å². The molecule has 2 aromatic heterocycles. The lowest BCUT2D eigenvalue weighted by molar-refractivity contribution is 0.108. The van der Waals surface area contributed by atoms with Gasteiger partial charge in [0, 0.05) is 23.9 Å². The fraction of sp³-hybridized carbons (Fsp3) is 0.357. The Kier molecular flexibility index (Phi) is 3.40. The van der Waals surface area contributed by atoms with Crippen molar-refractivity contribution in [3.63, 3.8) is 0 Å². The zero-order valence-corrected chi connectivity index (χ0v) is 11.6. The van der Waals surface area contributed by atoms with E-state index in [2.05, 4.69) is 27.9 Å². The topological polar surface area (TPSA) is 50.8 Å². The summed E-state index contributed by atoms with van der Waals surface area (Å²) < 4.78 is 6.05. The van der Waals surface area contributed by atoms with Gasteiger partial charge < -0.3 is 9.72 Å². The molecule has 19 heavy (non-hydrogen) atoms. The molecule has 0 radical (unpaired) electrons. The van der Waals surface area contributed by atoms with E-state index in [1.54, 1.807) is 6.20 Å². The summed E-state index contributed by atoms with van der Waals surface area (Å²) in [6.45, 7) is 3.40. The van der Waals surface area contributed by atoms with E-state index in [1.165, 1.54) is 5.56 Å². The number of pyridine rings is 1. The van der Waals surface area contributed by atoms with Crippen LogP contribution in [0.5, 0.6) is 0 Å². The summed E-state index contributed by atoms with van der Waals surface area (Å²) in [4.78, 5) is 12.3. The van der Waals surface area contributed by atoms with Gasteiger partial charge in [-0.1, -0.05) is 25.2 Å². The molecule has 3 rings (SSSR count). The molecule has 0 bridgehead atoms. The SMILES string of the molecule is CCc1cccnc1-c1nc(=S)c2c([nH]1)CCOC2. The van der Waals surface area contributed by atoms with Crippen LogP contribution in [0.25, 0.3) is 11.5 Å². The predicted molar refractivity (Wildman–Crippen MR) is 75.4 cm³/mol. The van der Waals surface area contributed by atoms with Crippen LogP contribution in [0.4, 0.5) is 0 Å². The minimum atomic E-state index is 0.556. The van der Waals surface area contributed by atoms with Crippen LogP contribution in [-0.4, -0.2) is 21.6 Å². The molecule has 0 aromatic carbocycles. The van der Waals surface area contributed by atoms with Gasteiger partial charge in [0.05, 0.1) is 13.2 Å². The Labute approximate surface area is 116 Å². The van der Waals surface area contributed by atoms with E-state index < -0.39 is 0 Å². The van der Waals surface area contributed by atoms with Crippen LogP contribution >= 0.6 is 12.2 Å². The highest BCUT2D eigenvalue weighted by Gasteiger charge is 2.15. The molecule has 0 atom stereocenters. The van der Waals surface area contributed by atoms with Gasteiger partial charge in [0.2, 0.25) is 0 Å². The molecule has 2 aromatic rings. The number of ether oxygens (including phenoxy) is 1. The van der Waals surface area contributed by atoms with Crippen molar-refractivity contribution >= 4 is 12.2 Å². The molecule has 5 heteroatoms. The average Bonchev–Trinajstić information content (AvgIpc) is 2.47. The third-order valence-corrected chi connectivity index (χ3v) is 3.68. The molecule has 1 N–H and O–H groups in total. The van der Waals surface area contributed by atoms with Crippen LogP contribution < -0.4 is 0 Å². The fourth-order valence-corrected chi connectivity index (χ4v) is 2.58. The molecular formula is C14H15N3OS. The van der Waals surface area contributed by atoms with Crippen LogP contribution in [0, 0.1) is 4.64 Å². The lowest BCUT2D eigenvalue weighted by atomic mass is 10.1. The molecule has 0 spiro atoms. The van der Waals surface area contributed by atoms with Crippen molar-refractivity contribution in [2.75, 3.05) is 6.61 Å². The Hall–Kier alpha value is -1.59. The van der Waals surface area contributed by atoms with E-state index in [-0.39, 0.29) is 0 Å². The summed E-state index contributed by atoms with van der Waals surface area (Å²) in [5, 5.41) is 0. The second-order valence-corrected chi connectivity index (χ2v) is 4.90. The highest BCUT2D eigenvalue weighted by Crippen LogP contribution is 2.22. The number of fused-ring (bicyclic) bond motifs is 1. The van der Waals surface area contributed by atoms with Gasteiger partial charge in [0.1, 0.15) is 10.3 Å². The molecule has 0 aliphatic carbocycles. The van der Waals surface area contributed by atoms with Crippen molar-refractivity contribution in [3.05, 3.63) is 39.8 Å². The molecule has 1 aliphatic rings. The molecule has 0 amide bonds. The van der Waals surface area contributed by atoms with Crippen molar-refractivity contribution in [1.82, 2.24) is 15.0 Å². The summed E-state index contributed by atoms with van der Waals surface area (Å²) in [7, 11) is 0. The third-order valence-electron chi connectivity index (χ3n) is 3.34. The summed E-state index contributed by atoms with van der Waals surface area (Å²) in [6, 6.07) is 4.02. The highest BCUT2D eigenvalue weighted by molar-refractivity contribution is 7.71. The Morgan fingerprint density at radius 2 is 2.37 bits per heavy atom. The smallest absolute Gasteiger partial charge is 0.158 e. The minimum absolute atomic E-state index is 0.556. The Morgan fingerprint density at radius 3 is 3.21 bits per heavy atom. The second-order valence-electron chi connectivity index (χ2n) is 4.51. The summed E-state index contributed by atoms with van der Waals surface area (Å²) >= 11 is 5.37. The zero-order chi connectivity index (χ0) is 13.2. The predicted octanol–water partition coefficient (Wildman–Crippen LogP) is 2.84. The van der Waals surface area contributed by atoms with Gasteiger partial charge in [-0.25, -0.2) is 4.98 Å². The van der Waals surface area contributed by atoms with Crippen LogP contribution in [0.1, 0.15) is 23.7 Å². The lowest BCUT2D eigenvalue weighted by Gasteiger charge is -2.17. The average molecular weight is 273 g/mol. The molecule has 4 nitrogen and oxygen atoms in total. The van der Waals surface area contributed by atoms with Gasteiger partial charge in [-0.2, -0.15) is 0 Å². The number of hydrogen-bond donors (Lipinski definition) is 1. The maximum absolute atomic E-state index is 5.42. The Balaban J connectivity index is 2.16. The van der Waals surface area contributed by atoms with Crippen molar-refractivity contribution in [2.24, 2.45) is 0 Å². The molecule has 0 fully saturated rings. The van der Waals surface area contributed by atoms with Gasteiger partial charge in [-0.15, -0.1) is 0 Å². The Morgan fingerprint density at radius 1 is 1.47 bits per heavy atom. The van der Waals surface area contributed by atoms with E-state index >= 15 is 0 Å². The first-order valence-corrected chi connectivity index (χ1v) is 6.84. The number of aromatic nitrogens is 3. The quantitative estimate of drug-likeness (QED) is 0.855.